The molecule has 0 saturated carbocycles. The van der Waals surface area contributed by atoms with E-state index in [1.54, 1.807) is 13.0 Å². The quantitative estimate of drug-likeness (QED) is 0.704. The summed E-state index contributed by atoms with van der Waals surface area (Å²) in [5.41, 5.74) is 11.7. The number of aromatic nitrogens is 3. The van der Waals surface area contributed by atoms with Crippen LogP contribution in [0, 0.1) is 0 Å². The molecule has 0 aliphatic rings. The first-order valence-electron chi connectivity index (χ1n) is 5.94. The summed E-state index contributed by atoms with van der Waals surface area (Å²) in [6, 6.07) is 7.34. The highest BCUT2D eigenvalue weighted by Gasteiger charge is 2.17. The molecule has 5 N–H and O–H groups in total. The fourth-order valence-corrected chi connectivity index (χ4v) is 2.64. The van der Waals surface area contributed by atoms with E-state index in [9.17, 15) is 4.79 Å². The van der Waals surface area contributed by atoms with Crippen molar-refractivity contribution in [1.82, 2.24) is 15.0 Å². The highest BCUT2D eigenvalue weighted by atomic mass is 79.9. The fourth-order valence-electron chi connectivity index (χ4n) is 1.46. The van der Waals surface area contributed by atoms with Crippen LogP contribution < -0.4 is 16.8 Å². The predicted molar refractivity (Wildman–Crippen MR) is 86.7 cm³/mol. The van der Waals surface area contributed by atoms with Gasteiger partial charge in [-0.1, -0.05) is 33.8 Å². The number of nitrogen functional groups attached to an aromatic ring is 2. The third-order valence-electron chi connectivity index (χ3n) is 2.39. The molecular weight excluding hydrogens is 356 g/mol. The lowest BCUT2D eigenvalue weighted by Crippen LogP contribution is -2.22. The molecule has 1 amide bonds. The van der Waals surface area contributed by atoms with E-state index in [0.29, 0.717) is 10.8 Å². The number of hydrogen-bond donors (Lipinski definition) is 3. The van der Waals surface area contributed by atoms with Crippen molar-refractivity contribution < 1.29 is 4.79 Å². The molecule has 2 aromatic rings. The summed E-state index contributed by atoms with van der Waals surface area (Å²) in [5.74, 6) is -0.107. The van der Waals surface area contributed by atoms with Gasteiger partial charge in [-0.15, -0.1) is 0 Å². The second kappa shape index (κ2) is 6.72. The number of halogens is 1. The van der Waals surface area contributed by atoms with Crippen LogP contribution in [0.25, 0.3) is 0 Å². The van der Waals surface area contributed by atoms with Crippen LogP contribution in [0.1, 0.15) is 6.92 Å². The Kier molecular flexibility index (Phi) is 4.97. The van der Waals surface area contributed by atoms with Crippen LogP contribution in [-0.4, -0.2) is 26.1 Å². The van der Waals surface area contributed by atoms with Gasteiger partial charge in [0.05, 0.1) is 5.25 Å². The van der Waals surface area contributed by atoms with Crippen LogP contribution in [0.3, 0.4) is 0 Å². The number of nitrogens with two attached hydrogens (primary N) is 2. The Morgan fingerprint density at radius 3 is 2.57 bits per heavy atom. The van der Waals surface area contributed by atoms with Gasteiger partial charge in [0.25, 0.3) is 0 Å². The minimum Gasteiger partial charge on any atom is -0.368 e. The molecule has 0 aliphatic heterocycles. The predicted octanol–water partition coefficient (Wildman–Crippen LogP) is 1.92. The molecule has 2 rings (SSSR count). The molecule has 0 unspecified atom stereocenters. The molecule has 1 atom stereocenters. The first-order valence-corrected chi connectivity index (χ1v) is 7.61. The second-order valence-electron chi connectivity index (χ2n) is 4.09. The van der Waals surface area contributed by atoms with Crippen LogP contribution in [0.15, 0.2) is 33.9 Å². The van der Waals surface area contributed by atoms with E-state index in [0.717, 1.165) is 16.2 Å². The summed E-state index contributed by atoms with van der Waals surface area (Å²) in [6.07, 6.45) is 0. The standard InChI is InChI=1S/C12H13BrN6OS/c1-6(21-12-18-10(14)17-11(15)19-12)9(20)16-8-4-2-3-7(13)5-8/h2-6H,1H3,(H,16,20)(H4,14,15,17,18,19)/t6-/m1/s1. The zero-order valence-electron chi connectivity index (χ0n) is 11.1. The highest BCUT2D eigenvalue weighted by molar-refractivity contribution is 9.10. The molecule has 0 saturated heterocycles. The number of carbonyl (C=O) groups excluding carboxylic acids is 1. The molecule has 1 aromatic carbocycles. The maximum absolute atomic E-state index is 12.1. The molecule has 0 aliphatic carbocycles. The minimum absolute atomic E-state index is 0.0320. The molecule has 1 heterocycles. The maximum Gasteiger partial charge on any atom is 0.237 e. The third kappa shape index (κ3) is 4.57. The van der Waals surface area contributed by atoms with Crippen molar-refractivity contribution in [2.24, 2.45) is 0 Å². The van der Waals surface area contributed by atoms with Gasteiger partial charge in [-0.3, -0.25) is 4.79 Å². The average molecular weight is 369 g/mol. The summed E-state index contributed by atoms with van der Waals surface area (Å²) < 4.78 is 0.888. The summed E-state index contributed by atoms with van der Waals surface area (Å²) in [4.78, 5) is 23.7. The molecule has 21 heavy (non-hydrogen) atoms. The monoisotopic (exact) mass is 368 g/mol. The molecule has 7 nitrogen and oxygen atoms in total. The Labute approximate surface area is 134 Å². The van der Waals surface area contributed by atoms with Gasteiger partial charge >= 0.3 is 0 Å². The summed E-state index contributed by atoms with van der Waals surface area (Å²) in [5, 5.41) is 2.71. The van der Waals surface area contributed by atoms with Crippen molar-refractivity contribution in [3.63, 3.8) is 0 Å². The van der Waals surface area contributed by atoms with Gasteiger partial charge in [0.1, 0.15) is 0 Å². The number of carbonyl (C=O) groups is 1. The molecule has 0 radical (unpaired) electrons. The van der Waals surface area contributed by atoms with Crippen LogP contribution in [0.2, 0.25) is 0 Å². The average Bonchev–Trinajstić information content (AvgIpc) is 2.37. The Morgan fingerprint density at radius 1 is 1.29 bits per heavy atom. The van der Waals surface area contributed by atoms with E-state index < -0.39 is 5.25 Å². The van der Waals surface area contributed by atoms with Gasteiger partial charge in [0.15, 0.2) is 5.16 Å². The lowest BCUT2D eigenvalue weighted by molar-refractivity contribution is -0.115. The van der Waals surface area contributed by atoms with E-state index >= 15 is 0 Å². The van der Waals surface area contributed by atoms with Crippen LogP contribution in [-0.2, 0) is 4.79 Å². The summed E-state index contributed by atoms with van der Waals surface area (Å²) in [7, 11) is 0. The van der Waals surface area contributed by atoms with Crippen LogP contribution in [0.4, 0.5) is 17.6 Å². The number of benzene rings is 1. The van der Waals surface area contributed by atoms with Crippen molar-refractivity contribution >= 4 is 51.2 Å². The number of anilines is 3. The van der Waals surface area contributed by atoms with E-state index in [1.165, 1.54) is 0 Å². The van der Waals surface area contributed by atoms with Gasteiger partial charge in [0.2, 0.25) is 17.8 Å². The van der Waals surface area contributed by atoms with Crippen LogP contribution >= 0.6 is 27.7 Å². The van der Waals surface area contributed by atoms with Gasteiger partial charge in [-0.25, -0.2) is 0 Å². The normalized spacial score (nSPS) is 11.9. The smallest absolute Gasteiger partial charge is 0.237 e. The summed E-state index contributed by atoms with van der Waals surface area (Å²) >= 11 is 4.51. The van der Waals surface area contributed by atoms with Crippen molar-refractivity contribution in [2.45, 2.75) is 17.3 Å². The van der Waals surface area contributed by atoms with Crippen molar-refractivity contribution in [2.75, 3.05) is 16.8 Å². The van der Waals surface area contributed by atoms with E-state index in [4.69, 9.17) is 11.5 Å². The first kappa shape index (κ1) is 15.5. The molecule has 0 spiro atoms. The minimum atomic E-state index is -0.412. The van der Waals surface area contributed by atoms with Gasteiger partial charge < -0.3 is 16.8 Å². The Balaban J connectivity index is 2.02. The van der Waals surface area contributed by atoms with E-state index in [1.807, 2.05) is 18.2 Å². The molecule has 0 bridgehead atoms. The third-order valence-corrected chi connectivity index (χ3v) is 3.85. The van der Waals surface area contributed by atoms with Gasteiger partial charge in [-0.05, 0) is 25.1 Å². The second-order valence-corrected chi connectivity index (χ2v) is 6.32. The van der Waals surface area contributed by atoms with Gasteiger partial charge in [0, 0.05) is 10.2 Å². The molecule has 110 valence electrons. The Bertz CT molecular complexity index is 648. The van der Waals surface area contributed by atoms with E-state index in [-0.39, 0.29) is 17.8 Å². The lowest BCUT2D eigenvalue weighted by Gasteiger charge is -2.11. The molecular formula is C12H13BrN6OS. The largest absolute Gasteiger partial charge is 0.368 e. The Hall–Kier alpha value is -1.87. The summed E-state index contributed by atoms with van der Waals surface area (Å²) in [6.45, 7) is 1.74. The number of hydrogen-bond acceptors (Lipinski definition) is 7. The number of nitrogens with zero attached hydrogens (tertiary/aromatic N) is 3. The fraction of sp³-hybridized carbons (Fsp3) is 0.167. The van der Waals surface area contributed by atoms with Crippen molar-refractivity contribution in [1.29, 1.82) is 0 Å². The zero-order valence-corrected chi connectivity index (χ0v) is 13.5. The number of rotatable bonds is 4. The maximum atomic E-state index is 12.1. The molecule has 0 fully saturated rings. The number of thioether (sulfide) groups is 1. The lowest BCUT2D eigenvalue weighted by atomic mass is 10.3. The Morgan fingerprint density at radius 2 is 1.95 bits per heavy atom. The van der Waals surface area contributed by atoms with Crippen molar-refractivity contribution in [3.05, 3.63) is 28.7 Å². The first-order chi connectivity index (χ1) is 9.94. The topological polar surface area (TPSA) is 120 Å². The zero-order chi connectivity index (χ0) is 15.4. The van der Waals surface area contributed by atoms with Crippen molar-refractivity contribution in [3.8, 4) is 0 Å². The van der Waals surface area contributed by atoms with Gasteiger partial charge in [-0.2, -0.15) is 15.0 Å². The molecule has 9 heteroatoms. The number of nitrogens with one attached hydrogen (secondary N) is 1. The number of amides is 1. The van der Waals surface area contributed by atoms with E-state index in [2.05, 4.69) is 36.2 Å². The van der Waals surface area contributed by atoms with Crippen LogP contribution in [0.5, 0.6) is 0 Å². The molecule has 1 aromatic heterocycles. The highest BCUT2D eigenvalue weighted by Crippen LogP contribution is 2.22. The SMILES string of the molecule is C[C@@H](Sc1nc(N)nc(N)n1)C(=O)Nc1cccc(Br)c1.